The number of benzene rings is 1. The van der Waals surface area contributed by atoms with Crippen LogP contribution in [-0.4, -0.2) is 5.91 Å². The summed E-state index contributed by atoms with van der Waals surface area (Å²) in [6.45, 7) is 1.97. The van der Waals surface area contributed by atoms with Gasteiger partial charge in [-0.25, -0.2) is 0 Å². The minimum absolute atomic E-state index is 0.0455. The van der Waals surface area contributed by atoms with Crippen LogP contribution < -0.4 is 9.88 Å². The molecule has 6 heteroatoms. The summed E-state index contributed by atoms with van der Waals surface area (Å²) in [4.78, 5) is 11.9. The minimum atomic E-state index is -4.50. The minimum Gasteiger partial charge on any atom is -0.320 e. The highest BCUT2D eigenvalue weighted by Crippen LogP contribution is 2.34. The van der Waals surface area contributed by atoms with Gasteiger partial charge in [-0.15, -0.1) is 0 Å². The van der Waals surface area contributed by atoms with Gasteiger partial charge in [0.25, 0.3) is 5.91 Å². The van der Waals surface area contributed by atoms with Gasteiger partial charge in [-0.3, -0.25) is 4.79 Å². The van der Waals surface area contributed by atoms with E-state index in [1.165, 1.54) is 18.2 Å². The van der Waals surface area contributed by atoms with Crippen LogP contribution in [0.1, 0.15) is 18.1 Å². The van der Waals surface area contributed by atoms with Gasteiger partial charge in [0.05, 0.1) is 11.3 Å². The van der Waals surface area contributed by atoms with Crippen molar-refractivity contribution in [1.29, 1.82) is 0 Å². The summed E-state index contributed by atoms with van der Waals surface area (Å²) >= 11 is 0. The maximum Gasteiger partial charge on any atom is 0.418 e. The molecule has 0 atom stereocenters. The number of carbonyl (C=O) groups excluding carboxylic acids is 1. The van der Waals surface area contributed by atoms with Gasteiger partial charge in [-0.2, -0.15) is 17.7 Å². The number of nitrogens with zero attached hydrogens (tertiary/aromatic N) is 1. The van der Waals surface area contributed by atoms with Crippen LogP contribution in [0.4, 0.5) is 18.9 Å². The van der Waals surface area contributed by atoms with E-state index in [0.29, 0.717) is 0 Å². The Morgan fingerprint density at radius 1 is 1.14 bits per heavy atom. The summed E-state index contributed by atoms with van der Waals surface area (Å²) in [5.74, 6) is -0.508. The number of aromatic nitrogens is 1. The van der Waals surface area contributed by atoms with Crippen molar-refractivity contribution in [1.82, 2.24) is 0 Å². The molecule has 1 heterocycles. The van der Waals surface area contributed by atoms with E-state index in [0.717, 1.165) is 18.1 Å². The van der Waals surface area contributed by atoms with Gasteiger partial charge < -0.3 is 5.32 Å². The SMILES string of the molecule is CCc1cc[n+](CC(=O)Nc2ccccc2C(F)(F)F)cc1. The summed E-state index contributed by atoms with van der Waals surface area (Å²) in [6, 6.07) is 8.67. The number of halogens is 3. The third-order valence-corrected chi connectivity index (χ3v) is 3.20. The molecule has 0 saturated heterocycles. The van der Waals surface area contributed by atoms with Crippen LogP contribution in [-0.2, 0) is 23.9 Å². The van der Waals surface area contributed by atoms with E-state index in [9.17, 15) is 18.0 Å². The van der Waals surface area contributed by atoms with E-state index in [-0.39, 0.29) is 12.2 Å². The fraction of sp³-hybridized carbons (Fsp3) is 0.250. The van der Waals surface area contributed by atoms with Crippen LogP contribution in [0.25, 0.3) is 0 Å². The molecule has 2 rings (SSSR count). The molecule has 0 spiro atoms. The highest BCUT2D eigenvalue weighted by atomic mass is 19.4. The summed E-state index contributed by atoms with van der Waals surface area (Å²) in [5.41, 5.74) is 0.0412. The van der Waals surface area contributed by atoms with Crippen molar-refractivity contribution in [3.63, 3.8) is 0 Å². The quantitative estimate of drug-likeness (QED) is 0.865. The lowest BCUT2D eigenvalue weighted by Crippen LogP contribution is -2.39. The maximum absolute atomic E-state index is 12.9. The number of rotatable bonds is 4. The second-order valence-electron chi connectivity index (χ2n) is 4.82. The number of carbonyl (C=O) groups is 1. The summed E-state index contributed by atoms with van der Waals surface area (Å²) < 4.78 is 40.2. The lowest BCUT2D eigenvalue weighted by Gasteiger charge is -2.12. The molecule has 0 aliphatic carbocycles. The van der Waals surface area contributed by atoms with Gasteiger partial charge in [-0.05, 0) is 24.1 Å². The number of para-hydroxylation sites is 1. The molecule has 2 aromatic rings. The van der Waals surface area contributed by atoms with Crippen LogP contribution in [0.2, 0.25) is 0 Å². The third-order valence-electron chi connectivity index (χ3n) is 3.20. The van der Waals surface area contributed by atoms with Crippen molar-refractivity contribution in [2.75, 3.05) is 5.32 Å². The Labute approximate surface area is 126 Å². The molecule has 3 nitrogen and oxygen atoms in total. The van der Waals surface area contributed by atoms with Gasteiger partial charge in [0, 0.05) is 12.1 Å². The Bertz CT molecular complexity index is 651. The van der Waals surface area contributed by atoms with Gasteiger partial charge in [0.15, 0.2) is 12.4 Å². The molecule has 0 unspecified atom stereocenters. The van der Waals surface area contributed by atoms with Gasteiger partial charge >= 0.3 is 6.18 Å². The largest absolute Gasteiger partial charge is 0.418 e. The standard InChI is InChI=1S/C16H15F3N2O/c1-2-12-7-9-21(10-8-12)11-15(22)20-14-6-4-3-5-13(14)16(17,18)19/h3-10H,2,11H2,1H3/p+1. The number of aryl methyl sites for hydroxylation is 1. The molecule has 0 aliphatic rings. The molecule has 0 fully saturated rings. The molecule has 0 aliphatic heterocycles. The average Bonchev–Trinajstić information content (AvgIpc) is 2.47. The molecule has 0 bridgehead atoms. The summed E-state index contributed by atoms with van der Waals surface area (Å²) in [5, 5.41) is 2.31. The van der Waals surface area contributed by atoms with Crippen molar-refractivity contribution in [2.45, 2.75) is 26.1 Å². The molecule has 22 heavy (non-hydrogen) atoms. The second kappa shape index (κ2) is 6.60. The first kappa shape index (κ1) is 16.0. The number of hydrogen-bond donors (Lipinski definition) is 1. The maximum atomic E-state index is 12.9. The highest BCUT2D eigenvalue weighted by molar-refractivity contribution is 5.90. The van der Waals surface area contributed by atoms with Crippen LogP contribution in [0.15, 0.2) is 48.8 Å². The normalized spacial score (nSPS) is 11.3. The van der Waals surface area contributed by atoms with Crippen molar-refractivity contribution >= 4 is 11.6 Å². The van der Waals surface area contributed by atoms with E-state index < -0.39 is 17.6 Å². The van der Waals surface area contributed by atoms with E-state index in [4.69, 9.17) is 0 Å². The fourth-order valence-electron chi connectivity index (χ4n) is 2.02. The van der Waals surface area contributed by atoms with Crippen molar-refractivity contribution in [3.05, 3.63) is 59.9 Å². The topological polar surface area (TPSA) is 33.0 Å². The Kier molecular flexibility index (Phi) is 4.80. The monoisotopic (exact) mass is 309 g/mol. The molecule has 1 N–H and O–H groups in total. The molecule has 0 radical (unpaired) electrons. The first-order chi connectivity index (χ1) is 10.4. The zero-order chi connectivity index (χ0) is 16.2. The predicted octanol–water partition coefficient (Wildman–Crippen LogP) is 3.19. The Hall–Kier alpha value is -2.37. The number of anilines is 1. The Balaban J connectivity index is 2.09. The smallest absolute Gasteiger partial charge is 0.320 e. The van der Waals surface area contributed by atoms with Gasteiger partial charge in [0.2, 0.25) is 6.54 Å². The third kappa shape index (κ3) is 4.07. The van der Waals surface area contributed by atoms with Gasteiger partial charge in [-0.1, -0.05) is 19.1 Å². The highest BCUT2D eigenvalue weighted by Gasteiger charge is 2.33. The van der Waals surface area contributed by atoms with Crippen molar-refractivity contribution in [2.24, 2.45) is 0 Å². The van der Waals surface area contributed by atoms with Crippen LogP contribution in [0.3, 0.4) is 0 Å². The molecule has 1 amide bonds. The Morgan fingerprint density at radius 3 is 2.36 bits per heavy atom. The number of nitrogens with one attached hydrogen (secondary N) is 1. The van der Waals surface area contributed by atoms with Crippen LogP contribution in [0.5, 0.6) is 0 Å². The molecule has 116 valence electrons. The number of amides is 1. The fourth-order valence-corrected chi connectivity index (χ4v) is 2.02. The molecule has 1 aromatic carbocycles. The first-order valence-electron chi connectivity index (χ1n) is 6.84. The molecule has 1 aromatic heterocycles. The number of pyridine rings is 1. The first-order valence-corrected chi connectivity index (χ1v) is 6.84. The zero-order valence-corrected chi connectivity index (χ0v) is 12.0. The zero-order valence-electron chi connectivity index (χ0n) is 12.0. The predicted molar refractivity (Wildman–Crippen MR) is 76.1 cm³/mol. The van der Waals surface area contributed by atoms with E-state index in [1.807, 2.05) is 19.1 Å². The van der Waals surface area contributed by atoms with Gasteiger partial charge in [0.1, 0.15) is 0 Å². The molecule has 0 saturated carbocycles. The van der Waals surface area contributed by atoms with Crippen LogP contribution >= 0.6 is 0 Å². The molecular weight excluding hydrogens is 293 g/mol. The molecular formula is C16H16F3N2O+. The van der Waals surface area contributed by atoms with E-state index in [1.54, 1.807) is 17.0 Å². The van der Waals surface area contributed by atoms with Crippen LogP contribution in [0, 0.1) is 0 Å². The van der Waals surface area contributed by atoms with Crippen molar-refractivity contribution in [3.8, 4) is 0 Å². The van der Waals surface area contributed by atoms with E-state index in [2.05, 4.69) is 5.32 Å². The number of hydrogen-bond acceptors (Lipinski definition) is 1. The summed E-state index contributed by atoms with van der Waals surface area (Å²) in [7, 11) is 0. The van der Waals surface area contributed by atoms with E-state index >= 15 is 0 Å². The lowest BCUT2D eigenvalue weighted by atomic mass is 10.1. The number of alkyl halides is 3. The lowest BCUT2D eigenvalue weighted by molar-refractivity contribution is -0.684. The second-order valence-corrected chi connectivity index (χ2v) is 4.82. The summed E-state index contributed by atoms with van der Waals surface area (Å²) in [6.07, 6.45) is -0.159. The van der Waals surface area contributed by atoms with Crippen molar-refractivity contribution < 1.29 is 22.5 Å². The Morgan fingerprint density at radius 2 is 1.77 bits per heavy atom. The average molecular weight is 309 g/mol.